The van der Waals surface area contributed by atoms with Gasteiger partial charge < -0.3 is 15.0 Å². The van der Waals surface area contributed by atoms with E-state index in [0.29, 0.717) is 37.1 Å². The van der Waals surface area contributed by atoms with Crippen LogP contribution in [0.2, 0.25) is 0 Å². The molecule has 2 aliphatic rings. The molecule has 0 bridgehead atoms. The molecule has 2 fully saturated rings. The van der Waals surface area contributed by atoms with Crippen LogP contribution in [0, 0.1) is 17.7 Å². The molecule has 1 N–H and O–H groups in total. The van der Waals surface area contributed by atoms with E-state index in [1.54, 1.807) is 24.5 Å². The van der Waals surface area contributed by atoms with E-state index in [4.69, 9.17) is 4.74 Å². The maximum absolute atomic E-state index is 13.0. The number of aromatic nitrogens is 3. The Kier molecular flexibility index (Phi) is 4.27. The lowest BCUT2D eigenvalue weighted by molar-refractivity contribution is 0.0939. The first-order valence-electron chi connectivity index (χ1n) is 8.23. The highest BCUT2D eigenvalue weighted by Crippen LogP contribution is 2.34. The number of fused-ring (bicyclic) bond motifs is 1. The van der Waals surface area contributed by atoms with Crippen LogP contribution >= 0.6 is 0 Å². The van der Waals surface area contributed by atoms with Gasteiger partial charge in [0.05, 0.1) is 25.1 Å². The minimum Gasteiger partial charge on any atom is -0.376 e. The normalized spacial score (nSPS) is 25.0. The van der Waals surface area contributed by atoms with Gasteiger partial charge in [0.25, 0.3) is 5.91 Å². The quantitative estimate of drug-likeness (QED) is 0.888. The zero-order valence-corrected chi connectivity index (χ0v) is 13.5. The minimum atomic E-state index is -0.448. The summed E-state index contributed by atoms with van der Waals surface area (Å²) in [5.74, 6) is 0.491. The van der Waals surface area contributed by atoms with Crippen molar-refractivity contribution in [1.82, 2.24) is 20.3 Å². The third-order valence-corrected chi connectivity index (χ3v) is 4.80. The molecule has 8 heteroatoms. The lowest BCUT2D eigenvalue weighted by atomic mass is 9.93. The molecule has 2 aromatic heterocycles. The van der Waals surface area contributed by atoms with Gasteiger partial charge in [-0.05, 0) is 12.1 Å². The van der Waals surface area contributed by atoms with Crippen molar-refractivity contribution in [1.29, 1.82) is 0 Å². The summed E-state index contributed by atoms with van der Waals surface area (Å²) in [4.78, 5) is 26.2. The number of ether oxygens (including phenoxy) is 1. The zero-order chi connectivity index (χ0) is 17.2. The molecule has 130 valence electrons. The minimum absolute atomic E-state index is 0.0940. The van der Waals surface area contributed by atoms with Crippen LogP contribution in [-0.2, 0) is 4.74 Å². The topological polar surface area (TPSA) is 80.2 Å². The van der Waals surface area contributed by atoms with Crippen LogP contribution in [0.15, 0.2) is 36.9 Å². The lowest BCUT2D eigenvalue weighted by Gasteiger charge is -2.20. The molecule has 0 aromatic carbocycles. The molecule has 0 aliphatic carbocycles. The second-order valence-corrected chi connectivity index (χ2v) is 6.35. The number of pyridine rings is 1. The van der Waals surface area contributed by atoms with Gasteiger partial charge in [-0.15, -0.1) is 0 Å². The molecule has 0 saturated carbocycles. The molecule has 1 amide bonds. The molecule has 2 saturated heterocycles. The number of amides is 1. The van der Waals surface area contributed by atoms with E-state index in [1.165, 1.54) is 12.4 Å². The smallest absolute Gasteiger partial charge is 0.251 e. The van der Waals surface area contributed by atoms with E-state index >= 15 is 0 Å². The number of halogens is 1. The van der Waals surface area contributed by atoms with Crippen LogP contribution in [0.25, 0.3) is 0 Å². The molecule has 7 nitrogen and oxygen atoms in total. The summed E-state index contributed by atoms with van der Waals surface area (Å²) in [6.07, 6.45) is 5.63. The highest BCUT2D eigenvalue weighted by Gasteiger charge is 2.44. The molecule has 0 unspecified atom stereocenters. The highest BCUT2D eigenvalue weighted by atomic mass is 19.1. The zero-order valence-electron chi connectivity index (χ0n) is 13.5. The van der Waals surface area contributed by atoms with Crippen molar-refractivity contribution in [3.63, 3.8) is 0 Å². The number of carbonyl (C=O) groups is 1. The number of carbonyl (C=O) groups excluding carboxylic acids is 1. The van der Waals surface area contributed by atoms with E-state index in [9.17, 15) is 9.18 Å². The Bertz CT molecular complexity index is 742. The molecule has 2 aliphatic heterocycles. The second kappa shape index (κ2) is 6.72. The van der Waals surface area contributed by atoms with Crippen LogP contribution in [-0.4, -0.2) is 53.2 Å². The molecule has 25 heavy (non-hydrogen) atoms. The number of hydrogen-bond donors (Lipinski definition) is 1. The molecule has 4 rings (SSSR count). The highest BCUT2D eigenvalue weighted by molar-refractivity contribution is 5.93. The number of nitrogens with zero attached hydrogens (tertiary/aromatic N) is 4. The van der Waals surface area contributed by atoms with Crippen molar-refractivity contribution in [2.75, 3.05) is 31.1 Å². The molecule has 3 atom stereocenters. The fourth-order valence-corrected chi connectivity index (χ4v) is 3.47. The Hall–Kier alpha value is -2.61. The summed E-state index contributed by atoms with van der Waals surface area (Å²) in [5, 5.41) is 2.97. The molecular weight excluding hydrogens is 325 g/mol. The molecular formula is C17H18FN5O2. The van der Waals surface area contributed by atoms with Crippen molar-refractivity contribution in [2.24, 2.45) is 11.8 Å². The third-order valence-electron chi connectivity index (χ3n) is 4.80. The van der Waals surface area contributed by atoms with Crippen LogP contribution < -0.4 is 10.2 Å². The van der Waals surface area contributed by atoms with Gasteiger partial charge in [-0.2, -0.15) is 0 Å². The number of hydrogen-bond acceptors (Lipinski definition) is 6. The van der Waals surface area contributed by atoms with Crippen LogP contribution in [0.5, 0.6) is 0 Å². The lowest BCUT2D eigenvalue weighted by Crippen LogP contribution is -2.34. The largest absolute Gasteiger partial charge is 0.376 e. The standard InChI is InChI=1S/C17H18FN5O2/c18-13-6-21-17(22-7-13)23-8-14-12(10-25-15(14)9-23)5-20-16(24)11-1-3-19-4-2-11/h1-4,6-7,12,14-15H,5,8-10H2,(H,20,24)/t12-,14-,15-/m1/s1. The van der Waals surface area contributed by atoms with E-state index in [2.05, 4.69) is 20.3 Å². The summed E-state index contributed by atoms with van der Waals surface area (Å²) < 4.78 is 18.8. The first-order chi connectivity index (χ1) is 12.2. The van der Waals surface area contributed by atoms with E-state index in [-0.39, 0.29) is 17.9 Å². The Morgan fingerprint density at radius 3 is 2.80 bits per heavy atom. The van der Waals surface area contributed by atoms with Gasteiger partial charge in [0.2, 0.25) is 5.95 Å². The van der Waals surface area contributed by atoms with Gasteiger partial charge >= 0.3 is 0 Å². The molecule has 2 aromatic rings. The SMILES string of the molecule is O=C(NC[C@@H]1CO[C@@H]2CN(c3ncc(F)cn3)C[C@H]12)c1ccncc1. The summed E-state index contributed by atoms with van der Waals surface area (Å²) in [6, 6.07) is 3.37. The van der Waals surface area contributed by atoms with Crippen molar-refractivity contribution >= 4 is 11.9 Å². The molecule has 4 heterocycles. The summed E-state index contributed by atoms with van der Waals surface area (Å²) >= 11 is 0. The fraction of sp³-hybridized carbons (Fsp3) is 0.412. The maximum atomic E-state index is 13.0. The van der Waals surface area contributed by atoms with Gasteiger partial charge in [0, 0.05) is 49.4 Å². The average Bonchev–Trinajstić information content (AvgIpc) is 3.22. The maximum Gasteiger partial charge on any atom is 0.251 e. The van der Waals surface area contributed by atoms with Gasteiger partial charge in [-0.25, -0.2) is 14.4 Å². The summed E-state index contributed by atoms with van der Waals surface area (Å²) in [5.41, 5.74) is 0.596. The van der Waals surface area contributed by atoms with Crippen molar-refractivity contribution in [2.45, 2.75) is 6.10 Å². The van der Waals surface area contributed by atoms with Gasteiger partial charge in [-0.3, -0.25) is 9.78 Å². The van der Waals surface area contributed by atoms with Gasteiger partial charge in [-0.1, -0.05) is 0 Å². The van der Waals surface area contributed by atoms with E-state index < -0.39 is 5.82 Å². The van der Waals surface area contributed by atoms with Crippen molar-refractivity contribution in [3.8, 4) is 0 Å². The van der Waals surface area contributed by atoms with E-state index in [1.807, 2.05) is 4.90 Å². The van der Waals surface area contributed by atoms with Crippen LogP contribution in [0.1, 0.15) is 10.4 Å². The first-order valence-corrected chi connectivity index (χ1v) is 8.23. The Balaban J connectivity index is 1.35. The average molecular weight is 343 g/mol. The van der Waals surface area contributed by atoms with E-state index in [0.717, 1.165) is 6.54 Å². The predicted octanol–water partition coefficient (Wildman–Crippen LogP) is 0.892. The van der Waals surface area contributed by atoms with Gasteiger partial charge in [0.15, 0.2) is 5.82 Å². The van der Waals surface area contributed by atoms with Crippen molar-refractivity contribution < 1.29 is 13.9 Å². The Morgan fingerprint density at radius 1 is 1.28 bits per heavy atom. The van der Waals surface area contributed by atoms with Crippen LogP contribution in [0.3, 0.4) is 0 Å². The number of nitrogens with one attached hydrogen (secondary N) is 1. The molecule has 0 spiro atoms. The summed E-state index contributed by atoms with van der Waals surface area (Å²) in [6.45, 7) is 2.61. The number of anilines is 1. The van der Waals surface area contributed by atoms with Crippen molar-refractivity contribution in [3.05, 3.63) is 48.3 Å². The first kappa shape index (κ1) is 15.9. The molecule has 0 radical (unpaired) electrons. The monoisotopic (exact) mass is 343 g/mol. The Morgan fingerprint density at radius 2 is 2.04 bits per heavy atom. The Labute approximate surface area is 144 Å². The van der Waals surface area contributed by atoms with Crippen LogP contribution in [0.4, 0.5) is 10.3 Å². The fourth-order valence-electron chi connectivity index (χ4n) is 3.47. The summed E-state index contributed by atoms with van der Waals surface area (Å²) in [7, 11) is 0. The van der Waals surface area contributed by atoms with Gasteiger partial charge in [0.1, 0.15) is 0 Å². The third kappa shape index (κ3) is 3.30. The second-order valence-electron chi connectivity index (χ2n) is 6.35. The number of rotatable bonds is 4. The predicted molar refractivity (Wildman–Crippen MR) is 87.5 cm³/mol.